The Morgan fingerprint density at radius 1 is 1.40 bits per heavy atom. The number of quaternary nitrogens is 1. The molecule has 0 unspecified atom stereocenters. The van der Waals surface area contributed by atoms with E-state index < -0.39 is 0 Å². The van der Waals surface area contributed by atoms with E-state index in [0.29, 0.717) is 0 Å². The predicted octanol–water partition coefficient (Wildman–Crippen LogP) is 1.26. The Kier molecular flexibility index (Phi) is 3.98. The lowest BCUT2D eigenvalue weighted by atomic mass is 9.97. The monoisotopic (exact) mass is 291 g/mol. The molecule has 1 aliphatic rings. The maximum Gasteiger partial charge on any atom is 0.309 e. The molecule has 0 radical (unpaired) electrons. The molecule has 1 aliphatic heterocycles. The van der Waals surface area contributed by atoms with Crippen LogP contribution >= 0.6 is 11.3 Å². The number of nitrogens with one attached hydrogen (secondary N) is 1. The number of thiazole rings is 1. The number of hydrogen-bond donors (Lipinski definition) is 1. The first kappa shape index (κ1) is 13.5. The molecular formula is C15H19N2O2S+. The largest absolute Gasteiger partial charge is 0.469 e. The van der Waals surface area contributed by atoms with Crippen molar-refractivity contribution in [1.82, 2.24) is 4.98 Å². The molecule has 1 aromatic carbocycles. The van der Waals surface area contributed by atoms with Gasteiger partial charge in [-0.05, 0) is 12.1 Å². The molecule has 0 bridgehead atoms. The lowest BCUT2D eigenvalue weighted by molar-refractivity contribution is -0.919. The molecule has 2 heterocycles. The highest BCUT2D eigenvalue weighted by Gasteiger charge is 2.28. The fraction of sp³-hybridized carbons (Fsp3) is 0.467. The lowest BCUT2D eigenvalue weighted by Crippen LogP contribution is -3.11. The van der Waals surface area contributed by atoms with Crippen LogP contribution in [0.4, 0.5) is 0 Å². The van der Waals surface area contributed by atoms with Crippen molar-refractivity contribution in [3.8, 4) is 0 Å². The number of hydrogen-bond acceptors (Lipinski definition) is 4. The minimum Gasteiger partial charge on any atom is -0.469 e. The van der Waals surface area contributed by atoms with Crippen molar-refractivity contribution < 1.29 is 14.4 Å². The van der Waals surface area contributed by atoms with Gasteiger partial charge in [-0.2, -0.15) is 0 Å². The Hall–Kier alpha value is -1.46. The lowest BCUT2D eigenvalue weighted by Gasteiger charge is -2.27. The van der Waals surface area contributed by atoms with E-state index in [1.165, 1.54) is 21.7 Å². The Bertz CT molecular complexity index is 570. The number of aromatic nitrogens is 1. The molecule has 2 aromatic rings. The highest BCUT2D eigenvalue weighted by atomic mass is 32.1. The second-order valence-electron chi connectivity index (χ2n) is 5.30. The van der Waals surface area contributed by atoms with Gasteiger partial charge in [0.1, 0.15) is 11.6 Å². The van der Waals surface area contributed by atoms with Crippen LogP contribution in [-0.4, -0.2) is 31.2 Å². The average Bonchev–Trinajstić information content (AvgIpc) is 2.89. The number of nitrogens with zero attached hydrogens (tertiary/aromatic N) is 1. The van der Waals surface area contributed by atoms with E-state index in [-0.39, 0.29) is 11.9 Å². The summed E-state index contributed by atoms with van der Waals surface area (Å²) in [6, 6.07) is 8.27. The van der Waals surface area contributed by atoms with E-state index in [4.69, 9.17) is 4.74 Å². The van der Waals surface area contributed by atoms with Gasteiger partial charge in [0.2, 0.25) is 0 Å². The van der Waals surface area contributed by atoms with Crippen molar-refractivity contribution in [2.75, 3.05) is 20.2 Å². The second kappa shape index (κ2) is 5.89. The summed E-state index contributed by atoms with van der Waals surface area (Å²) in [5.41, 5.74) is 1.09. The molecule has 0 aliphatic carbocycles. The minimum atomic E-state index is -0.0518. The van der Waals surface area contributed by atoms with Gasteiger partial charge in [0.25, 0.3) is 0 Å². The summed E-state index contributed by atoms with van der Waals surface area (Å²) in [6.45, 7) is 3.01. The van der Waals surface area contributed by atoms with E-state index in [1.54, 1.807) is 11.3 Å². The van der Waals surface area contributed by atoms with Gasteiger partial charge < -0.3 is 9.64 Å². The van der Waals surface area contributed by atoms with Crippen molar-refractivity contribution >= 4 is 27.5 Å². The number of rotatable bonds is 3. The molecule has 4 nitrogen and oxygen atoms in total. The first-order chi connectivity index (χ1) is 9.76. The molecule has 106 valence electrons. The fourth-order valence-electron chi connectivity index (χ4n) is 2.81. The number of carbonyl (C=O) groups is 1. The van der Waals surface area contributed by atoms with Gasteiger partial charge in [0.05, 0.1) is 36.3 Å². The Labute approximate surface area is 122 Å². The van der Waals surface area contributed by atoms with E-state index in [9.17, 15) is 4.79 Å². The van der Waals surface area contributed by atoms with E-state index in [0.717, 1.165) is 38.0 Å². The zero-order valence-electron chi connectivity index (χ0n) is 11.6. The number of benzene rings is 1. The number of methoxy groups -OCH3 is 1. The zero-order valence-corrected chi connectivity index (χ0v) is 12.4. The number of likely N-dealkylation sites (tertiary alicyclic amines) is 1. The molecule has 5 heteroatoms. The highest BCUT2D eigenvalue weighted by molar-refractivity contribution is 7.18. The smallest absolute Gasteiger partial charge is 0.309 e. The molecule has 1 saturated heterocycles. The van der Waals surface area contributed by atoms with Crippen molar-refractivity contribution in [2.24, 2.45) is 5.92 Å². The van der Waals surface area contributed by atoms with Gasteiger partial charge in [-0.3, -0.25) is 4.79 Å². The summed E-state index contributed by atoms with van der Waals surface area (Å²) in [4.78, 5) is 17.7. The topological polar surface area (TPSA) is 43.6 Å². The second-order valence-corrected chi connectivity index (χ2v) is 6.41. The summed E-state index contributed by atoms with van der Waals surface area (Å²) in [5, 5.41) is 1.19. The fourth-order valence-corrected chi connectivity index (χ4v) is 3.85. The van der Waals surface area contributed by atoms with Crippen LogP contribution in [0.3, 0.4) is 0 Å². The standard InChI is InChI=1S/C15H18N2O2S/c1-19-15(18)11-6-8-17(9-7-11)10-14-16-12-4-2-3-5-13(12)20-14/h2-5,11H,6-10H2,1H3/p+1. The summed E-state index contributed by atoms with van der Waals surface area (Å²) >= 11 is 1.78. The predicted molar refractivity (Wildman–Crippen MR) is 78.8 cm³/mol. The van der Waals surface area contributed by atoms with Crippen LogP contribution in [0, 0.1) is 5.92 Å². The molecule has 1 aromatic heterocycles. The van der Waals surface area contributed by atoms with Crippen molar-refractivity contribution in [3.05, 3.63) is 29.3 Å². The first-order valence-electron chi connectivity index (χ1n) is 7.02. The van der Waals surface area contributed by atoms with Crippen LogP contribution in [0.1, 0.15) is 17.8 Å². The van der Waals surface area contributed by atoms with Crippen LogP contribution in [0.25, 0.3) is 10.2 Å². The van der Waals surface area contributed by atoms with Crippen LogP contribution in [-0.2, 0) is 16.1 Å². The van der Waals surface area contributed by atoms with Crippen molar-refractivity contribution in [3.63, 3.8) is 0 Å². The molecular weight excluding hydrogens is 272 g/mol. The van der Waals surface area contributed by atoms with E-state index in [2.05, 4.69) is 23.2 Å². The Balaban J connectivity index is 1.60. The van der Waals surface area contributed by atoms with Crippen LogP contribution in [0.5, 0.6) is 0 Å². The van der Waals surface area contributed by atoms with Crippen LogP contribution < -0.4 is 4.90 Å². The third kappa shape index (κ3) is 2.83. The zero-order chi connectivity index (χ0) is 13.9. The quantitative estimate of drug-likeness (QED) is 0.866. The van der Waals surface area contributed by atoms with Crippen molar-refractivity contribution in [2.45, 2.75) is 19.4 Å². The maximum absolute atomic E-state index is 11.5. The van der Waals surface area contributed by atoms with Gasteiger partial charge in [0, 0.05) is 12.8 Å². The highest BCUT2D eigenvalue weighted by Crippen LogP contribution is 2.21. The normalized spacial score (nSPS) is 22.9. The van der Waals surface area contributed by atoms with E-state index in [1.807, 2.05) is 6.07 Å². The summed E-state index contributed by atoms with van der Waals surface area (Å²) < 4.78 is 6.08. The van der Waals surface area contributed by atoms with Crippen LogP contribution in [0.2, 0.25) is 0 Å². The molecule has 0 spiro atoms. The molecule has 1 fully saturated rings. The van der Waals surface area contributed by atoms with Crippen molar-refractivity contribution in [1.29, 1.82) is 0 Å². The van der Waals surface area contributed by atoms with Gasteiger partial charge in [-0.25, -0.2) is 4.98 Å². The molecule has 20 heavy (non-hydrogen) atoms. The van der Waals surface area contributed by atoms with Crippen LogP contribution in [0.15, 0.2) is 24.3 Å². The van der Waals surface area contributed by atoms with Gasteiger partial charge >= 0.3 is 5.97 Å². The molecule has 0 atom stereocenters. The number of esters is 1. The van der Waals surface area contributed by atoms with Gasteiger partial charge in [-0.15, -0.1) is 11.3 Å². The minimum absolute atomic E-state index is 0.0518. The summed E-state index contributed by atoms with van der Waals surface area (Å²) in [6.07, 6.45) is 1.85. The number of para-hydroxylation sites is 1. The molecule has 1 N–H and O–H groups in total. The van der Waals surface area contributed by atoms with E-state index >= 15 is 0 Å². The Morgan fingerprint density at radius 2 is 2.15 bits per heavy atom. The number of piperidine rings is 1. The average molecular weight is 291 g/mol. The van der Waals surface area contributed by atoms with Gasteiger partial charge in [0.15, 0.2) is 0 Å². The molecule has 3 rings (SSSR count). The molecule has 0 amide bonds. The number of carbonyl (C=O) groups excluding carboxylic acids is 1. The maximum atomic E-state index is 11.5. The first-order valence-corrected chi connectivity index (χ1v) is 7.84. The third-order valence-electron chi connectivity index (χ3n) is 3.97. The Morgan fingerprint density at radius 3 is 2.85 bits per heavy atom. The number of ether oxygens (including phenoxy) is 1. The SMILES string of the molecule is COC(=O)C1CC[NH+](Cc2nc3ccccc3s2)CC1. The summed E-state index contributed by atoms with van der Waals surface area (Å²) in [5.74, 6) is 0.0446. The summed E-state index contributed by atoms with van der Waals surface area (Å²) in [7, 11) is 1.47. The number of fused-ring (bicyclic) bond motifs is 1. The molecule has 0 saturated carbocycles. The van der Waals surface area contributed by atoms with Gasteiger partial charge in [-0.1, -0.05) is 12.1 Å². The third-order valence-corrected chi connectivity index (χ3v) is 5.00.